The van der Waals surface area contributed by atoms with Crippen LogP contribution in [0.15, 0.2) is 83.0 Å². The number of hydrogen-bond donors (Lipinski definition) is 3. The molecule has 1 spiro atoms. The molecule has 0 radical (unpaired) electrons. The second-order valence-corrected chi connectivity index (χ2v) is 12.5. The maximum Gasteiger partial charge on any atom is 0.335 e. The molecule has 2 aromatic rings. The van der Waals surface area contributed by atoms with Gasteiger partial charge in [-0.2, -0.15) is 0 Å². The van der Waals surface area contributed by atoms with Crippen molar-refractivity contribution < 1.29 is 39.2 Å². The number of benzene rings is 2. The quantitative estimate of drug-likeness (QED) is 0.0724. The van der Waals surface area contributed by atoms with Crippen molar-refractivity contribution in [3.8, 4) is 23.0 Å². The summed E-state index contributed by atoms with van der Waals surface area (Å²) in [6, 6.07) is 7.78. The zero-order chi connectivity index (χ0) is 32.9. The van der Waals surface area contributed by atoms with Crippen LogP contribution in [0, 0.1) is 5.41 Å². The van der Waals surface area contributed by atoms with Crippen LogP contribution in [0.3, 0.4) is 0 Å². The molecule has 8 heteroatoms. The Morgan fingerprint density at radius 1 is 0.844 bits per heavy atom. The van der Waals surface area contributed by atoms with E-state index in [1.807, 2.05) is 19.9 Å². The highest BCUT2D eigenvalue weighted by molar-refractivity contribution is 6.03. The first-order valence-electron chi connectivity index (χ1n) is 15.3. The molecule has 2 aromatic carbocycles. The van der Waals surface area contributed by atoms with Gasteiger partial charge in [0.2, 0.25) is 0 Å². The third kappa shape index (κ3) is 7.06. The number of rotatable bonds is 12. The van der Waals surface area contributed by atoms with Crippen LogP contribution in [0.2, 0.25) is 0 Å². The number of aromatic hydroxyl groups is 3. The molecule has 0 saturated carbocycles. The fourth-order valence-corrected chi connectivity index (χ4v) is 6.06. The molecule has 0 fully saturated rings. The molecule has 8 nitrogen and oxygen atoms in total. The first kappa shape index (κ1) is 33.3. The number of Topliss-reactive ketones (excluding diaryl/α,β-unsaturated/α-hetero) is 1. The zero-order valence-electron chi connectivity index (χ0n) is 26.6. The van der Waals surface area contributed by atoms with Crippen LogP contribution >= 0.6 is 0 Å². The molecule has 0 amide bonds. The second-order valence-electron chi connectivity index (χ2n) is 12.5. The van der Waals surface area contributed by atoms with Crippen LogP contribution in [0.1, 0.15) is 95.5 Å². The summed E-state index contributed by atoms with van der Waals surface area (Å²) in [4.78, 5) is 41.6. The van der Waals surface area contributed by atoms with E-state index in [2.05, 4.69) is 32.9 Å². The maximum atomic E-state index is 14.2. The van der Waals surface area contributed by atoms with Gasteiger partial charge in [0.05, 0.1) is 5.56 Å². The predicted octanol–water partition coefficient (Wildman–Crippen LogP) is 7.88. The molecular weight excluding hydrogens is 572 g/mol. The molecule has 0 aliphatic carbocycles. The monoisotopic (exact) mass is 614 g/mol. The van der Waals surface area contributed by atoms with Gasteiger partial charge in [0, 0.05) is 17.6 Å². The summed E-state index contributed by atoms with van der Waals surface area (Å²) in [6.07, 6.45) is 10.4. The van der Waals surface area contributed by atoms with Gasteiger partial charge in [-0.1, -0.05) is 34.9 Å². The van der Waals surface area contributed by atoms with Gasteiger partial charge in [0.1, 0.15) is 28.4 Å². The summed E-state index contributed by atoms with van der Waals surface area (Å²) in [5.41, 5.74) is 0.336. The Hall–Kier alpha value is -4.59. The first-order valence-corrected chi connectivity index (χ1v) is 15.3. The van der Waals surface area contributed by atoms with Gasteiger partial charge in [0.15, 0.2) is 11.4 Å². The molecule has 45 heavy (non-hydrogen) atoms. The number of hydrogen-bond acceptors (Lipinski definition) is 8. The van der Waals surface area contributed by atoms with E-state index in [-0.39, 0.29) is 40.5 Å². The minimum absolute atomic E-state index is 0.0534. The largest absolute Gasteiger partial charge is 0.508 e. The third-order valence-corrected chi connectivity index (χ3v) is 8.43. The van der Waals surface area contributed by atoms with Crippen molar-refractivity contribution in [2.45, 2.75) is 85.2 Å². The van der Waals surface area contributed by atoms with E-state index in [1.54, 1.807) is 6.08 Å². The van der Waals surface area contributed by atoms with Gasteiger partial charge < -0.3 is 24.8 Å². The molecule has 4 rings (SSSR count). The zero-order valence-corrected chi connectivity index (χ0v) is 26.6. The number of fused-ring (bicyclic) bond motifs is 2. The Morgan fingerprint density at radius 2 is 1.51 bits per heavy atom. The maximum absolute atomic E-state index is 14.2. The SMILES string of the molecule is CC(C)=CCCC(C)=CCCC1=CC2(OC1=O)c1cc(O)ccc1OC(=O)C2(CCC=C(C)C)CC(=O)c1cc(O)ccc1O. The van der Waals surface area contributed by atoms with Crippen LogP contribution in [0.5, 0.6) is 23.0 Å². The first-order chi connectivity index (χ1) is 21.3. The summed E-state index contributed by atoms with van der Waals surface area (Å²) < 4.78 is 12.0. The van der Waals surface area contributed by atoms with E-state index in [4.69, 9.17) is 9.47 Å². The Balaban J connectivity index is 1.83. The summed E-state index contributed by atoms with van der Waals surface area (Å²) in [7, 11) is 0. The van der Waals surface area contributed by atoms with Crippen molar-refractivity contribution in [2.24, 2.45) is 5.41 Å². The highest BCUT2D eigenvalue weighted by Crippen LogP contribution is 2.60. The van der Waals surface area contributed by atoms with Crippen LogP contribution < -0.4 is 4.74 Å². The third-order valence-electron chi connectivity index (χ3n) is 8.43. The molecule has 2 heterocycles. The summed E-state index contributed by atoms with van der Waals surface area (Å²) >= 11 is 0. The molecule has 2 atom stereocenters. The minimum atomic E-state index is -1.78. The van der Waals surface area contributed by atoms with E-state index < -0.39 is 35.2 Å². The molecule has 3 N–H and O–H groups in total. The molecule has 2 unspecified atom stereocenters. The number of carbonyl (C=O) groups is 3. The Bertz CT molecular complexity index is 1620. The summed E-state index contributed by atoms with van der Waals surface area (Å²) in [6.45, 7) is 9.99. The lowest BCUT2D eigenvalue weighted by Gasteiger charge is -2.47. The predicted molar refractivity (Wildman–Crippen MR) is 171 cm³/mol. The lowest BCUT2D eigenvalue weighted by atomic mass is 9.61. The van der Waals surface area contributed by atoms with Crippen LogP contribution in [-0.4, -0.2) is 33.0 Å². The molecule has 2 aliphatic heterocycles. The second kappa shape index (κ2) is 13.6. The highest BCUT2D eigenvalue weighted by Gasteiger charge is 2.66. The summed E-state index contributed by atoms with van der Waals surface area (Å²) in [5.74, 6) is -2.64. The number of phenolic OH excluding ortho intramolecular Hbond substituents is 3. The average Bonchev–Trinajstić information content (AvgIpc) is 3.30. The van der Waals surface area contributed by atoms with E-state index in [0.29, 0.717) is 24.8 Å². The molecular formula is C37H42O8. The van der Waals surface area contributed by atoms with Gasteiger partial charge >= 0.3 is 11.9 Å². The number of ether oxygens (including phenoxy) is 2. The summed E-state index contributed by atoms with van der Waals surface area (Å²) in [5, 5.41) is 31.1. The number of ketones is 1. The van der Waals surface area contributed by atoms with Crippen LogP contribution in [0.25, 0.3) is 0 Å². The lowest BCUT2D eigenvalue weighted by molar-refractivity contribution is -0.180. The van der Waals surface area contributed by atoms with Crippen molar-refractivity contribution in [3.63, 3.8) is 0 Å². The van der Waals surface area contributed by atoms with E-state index in [0.717, 1.165) is 24.5 Å². The van der Waals surface area contributed by atoms with Gasteiger partial charge in [0.25, 0.3) is 0 Å². The topological polar surface area (TPSA) is 130 Å². The Kier molecular flexibility index (Phi) is 10.1. The number of phenols is 3. The Morgan fingerprint density at radius 3 is 2.22 bits per heavy atom. The van der Waals surface area contributed by atoms with Crippen molar-refractivity contribution in [1.29, 1.82) is 0 Å². The number of carbonyl (C=O) groups excluding carboxylic acids is 3. The molecule has 0 bridgehead atoms. The van der Waals surface area contributed by atoms with Crippen molar-refractivity contribution in [1.82, 2.24) is 0 Å². The highest BCUT2D eigenvalue weighted by atomic mass is 16.6. The smallest absolute Gasteiger partial charge is 0.335 e. The van der Waals surface area contributed by atoms with E-state index in [9.17, 15) is 29.7 Å². The number of esters is 2. The van der Waals surface area contributed by atoms with Crippen molar-refractivity contribution in [3.05, 3.63) is 94.1 Å². The number of allylic oxidation sites excluding steroid dienone is 6. The van der Waals surface area contributed by atoms with Crippen LogP contribution in [-0.2, 0) is 19.9 Å². The minimum Gasteiger partial charge on any atom is -0.508 e. The average molecular weight is 615 g/mol. The standard InChI is InChI=1S/C37H42O8/c1-23(2)9-6-11-25(5)12-7-13-26-21-37(45-34(26)42)30-20-28(39)15-17-33(30)44-35(43)36(37,18-8-10-24(3)4)22-32(41)29-19-27(38)14-16-31(29)40/h9-10,12,14-17,19-21,38-40H,6-8,11,13,18,22H2,1-5H3. The molecule has 238 valence electrons. The van der Waals surface area contributed by atoms with Crippen molar-refractivity contribution >= 4 is 17.7 Å². The van der Waals surface area contributed by atoms with Gasteiger partial charge in [-0.05, 0) is 116 Å². The van der Waals surface area contributed by atoms with E-state index >= 15 is 0 Å². The normalized spacial score (nSPS) is 20.6. The van der Waals surface area contributed by atoms with Crippen molar-refractivity contribution in [2.75, 3.05) is 0 Å². The lowest BCUT2D eigenvalue weighted by Crippen LogP contribution is -2.56. The van der Waals surface area contributed by atoms with Gasteiger partial charge in [-0.15, -0.1) is 0 Å². The van der Waals surface area contributed by atoms with Gasteiger partial charge in [-0.25, -0.2) is 4.79 Å². The van der Waals surface area contributed by atoms with Crippen LogP contribution in [0.4, 0.5) is 0 Å². The Labute approximate surface area is 264 Å². The fraction of sp³-hybridized carbons (Fsp3) is 0.378. The van der Waals surface area contributed by atoms with Gasteiger partial charge in [-0.3, -0.25) is 9.59 Å². The molecule has 0 saturated heterocycles. The molecule has 2 aliphatic rings. The van der Waals surface area contributed by atoms with E-state index in [1.165, 1.54) is 41.5 Å². The molecule has 0 aromatic heterocycles. The fourth-order valence-electron chi connectivity index (χ4n) is 6.06.